The number of hydrogen-bond acceptors (Lipinski definition) is 3. The Morgan fingerprint density at radius 2 is 2.19 bits per heavy atom. The first-order valence-electron chi connectivity index (χ1n) is 5.00. The molecular weight excluding hydrogens is 206 g/mol. The summed E-state index contributed by atoms with van der Waals surface area (Å²) in [6, 6.07) is 6.65. The summed E-state index contributed by atoms with van der Waals surface area (Å²) in [5.74, 6) is 0.814. The minimum Gasteiger partial charge on any atom is -0.298 e. The lowest BCUT2D eigenvalue weighted by molar-refractivity contribution is -0.384. The van der Waals surface area contributed by atoms with E-state index in [-0.39, 0.29) is 10.6 Å². The van der Waals surface area contributed by atoms with E-state index in [4.69, 9.17) is 0 Å². The van der Waals surface area contributed by atoms with Crippen LogP contribution in [-0.2, 0) is 6.42 Å². The van der Waals surface area contributed by atoms with E-state index in [0.29, 0.717) is 5.69 Å². The second kappa shape index (κ2) is 4.14. The molecule has 1 aromatic carbocycles. The molecule has 0 N–H and O–H groups in total. The fourth-order valence-electron chi connectivity index (χ4n) is 1.64. The number of nitro groups is 1. The molecule has 1 aromatic heterocycles. The summed E-state index contributed by atoms with van der Waals surface area (Å²) in [7, 11) is 0. The number of aryl methyl sites for hydroxylation is 1. The number of rotatable bonds is 3. The largest absolute Gasteiger partial charge is 0.298 e. The minimum atomic E-state index is -0.380. The van der Waals surface area contributed by atoms with Crippen molar-refractivity contribution in [1.29, 1.82) is 0 Å². The van der Waals surface area contributed by atoms with Crippen molar-refractivity contribution in [1.82, 2.24) is 9.55 Å². The first-order valence-corrected chi connectivity index (χ1v) is 5.00. The van der Waals surface area contributed by atoms with Gasteiger partial charge in [-0.25, -0.2) is 4.98 Å². The zero-order chi connectivity index (χ0) is 11.5. The van der Waals surface area contributed by atoms with Gasteiger partial charge in [0.2, 0.25) is 0 Å². The topological polar surface area (TPSA) is 61.0 Å². The van der Waals surface area contributed by atoms with Gasteiger partial charge in [-0.15, -0.1) is 0 Å². The van der Waals surface area contributed by atoms with Gasteiger partial charge in [0.15, 0.2) is 0 Å². The third-order valence-corrected chi connectivity index (χ3v) is 2.37. The maximum Gasteiger partial charge on any atom is 0.293 e. The number of para-hydroxylation sites is 2. The van der Waals surface area contributed by atoms with E-state index in [1.165, 1.54) is 6.07 Å². The van der Waals surface area contributed by atoms with Crippen molar-refractivity contribution in [3.63, 3.8) is 0 Å². The number of nitrogens with zero attached hydrogens (tertiary/aromatic N) is 3. The zero-order valence-corrected chi connectivity index (χ0v) is 8.83. The van der Waals surface area contributed by atoms with Crippen LogP contribution in [0, 0.1) is 10.1 Å². The normalized spacial score (nSPS) is 10.3. The molecule has 0 saturated heterocycles. The van der Waals surface area contributed by atoms with Gasteiger partial charge in [-0.3, -0.25) is 14.7 Å². The van der Waals surface area contributed by atoms with Gasteiger partial charge in [-0.1, -0.05) is 19.1 Å². The van der Waals surface area contributed by atoms with Crippen LogP contribution < -0.4 is 0 Å². The van der Waals surface area contributed by atoms with E-state index >= 15 is 0 Å². The van der Waals surface area contributed by atoms with E-state index in [1.807, 2.05) is 6.92 Å². The molecule has 2 aromatic rings. The fourth-order valence-corrected chi connectivity index (χ4v) is 1.64. The molecular formula is C11H11N3O2. The minimum absolute atomic E-state index is 0.0928. The molecule has 2 rings (SSSR count). The Labute approximate surface area is 92.5 Å². The van der Waals surface area contributed by atoms with E-state index in [0.717, 1.165) is 12.2 Å². The van der Waals surface area contributed by atoms with E-state index in [2.05, 4.69) is 4.98 Å². The van der Waals surface area contributed by atoms with Crippen molar-refractivity contribution in [2.45, 2.75) is 13.3 Å². The molecule has 0 aliphatic heterocycles. The maximum absolute atomic E-state index is 10.9. The van der Waals surface area contributed by atoms with E-state index in [9.17, 15) is 10.1 Å². The van der Waals surface area contributed by atoms with Crippen LogP contribution in [0.4, 0.5) is 5.69 Å². The number of hydrogen-bond donors (Lipinski definition) is 0. The van der Waals surface area contributed by atoms with Crippen LogP contribution in [0.3, 0.4) is 0 Å². The van der Waals surface area contributed by atoms with Gasteiger partial charge in [-0.2, -0.15) is 0 Å². The van der Waals surface area contributed by atoms with Gasteiger partial charge in [0.05, 0.1) is 4.92 Å². The number of benzene rings is 1. The van der Waals surface area contributed by atoms with E-state index < -0.39 is 0 Å². The summed E-state index contributed by atoms with van der Waals surface area (Å²) in [4.78, 5) is 14.7. The van der Waals surface area contributed by atoms with Gasteiger partial charge in [0, 0.05) is 24.9 Å². The maximum atomic E-state index is 10.9. The zero-order valence-electron chi connectivity index (χ0n) is 8.83. The number of aromatic nitrogens is 2. The van der Waals surface area contributed by atoms with Crippen LogP contribution in [-0.4, -0.2) is 14.5 Å². The first kappa shape index (κ1) is 10.4. The second-order valence-electron chi connectivity index (χ2n) is 3.31. The molecule has 0 fully saturated rings. The van der Waals surface area contributed by atoms with Crippen LogP contribution in [0.1, 0.15) is 12.7 Å². The summed E-state index contributed by atoms with van der Waals surface area (Å²) in [5.41, 5.74) is 0.650. The molecule has 0 amide bonds. The lowest BCUT2D eigenvalue weighted by Gasteiger charge is -2.06. The predicted octanol–water partition coefficient (Wildman–Crippen LogP) is 2.34. The van der Waals surface area contributed by atoms with Crippen molar-refractivity contribution < 1.29 is 4.92 Å². The molecule has 5 heteroatoms. The van der Waals surface area contributed by atoms with Crippen molar-refractivity contribution >= 4 is 5.69 Å². The Bertz CT molecular complexity index is 519. The highest BCUT2D eigenvalue weighted by atomic mass is 16.6. The molecule has 1 heterocycles. The van der Waals surface area contributed by atoms with Crippen molar-refractivity contribution in [3.8, 4) is 5.69 Å². The van der Waals surface area contributed by atoms with Crippen molar-refractivity contribution in [3.05, 3.63) is 52.6 Å². The lowest BCUT2D eigenvalue weighted by Crippen LogP contribution is -2.02. The molecule has 0 spiro atoms. The highest BCUT2D eigenvalue weighted by Gasteiger charge is 2.15. The highest BCUT2D eigenvalue weighted by molar-refractivity contribution is 5.52. The van der Waals surface area contributed by atoms with Crippen molar-refractivity contribution in [2.24, 2.45) is 0 Å². The van der Waals surface area contributed by atoms with Crippen LogP contribution in [0.2, 0.25) is 0 Å². The summed E-state index contributed by atoms with van der Waals surface area (Å²) < 4.78 is 1.75. The third kappa shape index (κ3) is 1.67. The Kier molecular flexibility index (Phi) is 2.68. The quantitative estimate of drug-likeness (QED) is 0.585. The lowest BCUT2D eigenvalue weighted by atomic mass is 10.2. The highest BCUT2D eigenvalue weighted by Crippen LogP contribution is 2.23. The van der Waals surface area contributed by atoms with Crippen LogP contribution >= 0.6 is 0 Å². The van der Waals surface area contributed by atoms with E-state index in [1.54, 1.807) is 35.2 Å². The summed E-state index contributed by atoms with van der Waals surface area (Å²) in [6.07, 6.45) is 4.12. The Hall–Kier alpha value is -2.17. The summed E-state index contributed by atoms with van der Waals surface area (Å²) in [5, 5.41) is 10.9. The van der Waals surface area contributed by atoms with Gasteiger partial charge >= 0.3 is 0 Å². The molecule has 0 saturated carbocycles. The Morgan fingerprint density at radius 3 is 2.88 bits per heavy atom. The standard InChI is InChI=1S/C11H11N3O2/c1-2-11-12-7-8-13(11)9-5-3-4-6-10(9)14(15)16/h3-8H,2H2,1H3. The molecule has 16 heavy (non-hydrogen) atoms. The third-order valence-electron chi connectivity index (χ3n) is 2.37. The molecule has 0 bridgehead atoms. The van der Waals surface area contributed by atoms with Crippen LogP contribution in [0.5, 0.6) is 0 Å². The monoisotopic (exact) mass is 217 g/mol. The average Bonchev–Trinajstić information content (AvgIpc) is 2.76. The summed E-state index contributed by atoms with van der Waals surface area (Å²) >= 11 is 0. The molecule has 0 unspecified atom stereocenters. The van der Waals surface area contributed by atoms with Gasteiger partial charge < -0.3 is 0 Å². The molecule has 82 valence electrons. The predicted molar refractivity (Wildman–Crippen MR) is 59.6 cm³/mol. The van der Waals surface area contributed by atoms with Crippen LogP contribution in [0.15, 0.2) is 36.7 Å². The van der Waals surface area contributed by atoms with Gasteiger partial charge in [0.25, 0.3) is 5.69 Å². The van der Waals surface area contributed by atoms with Gasteiger partial charge in [0.1, 0.15) is 11.5 Å². The summed E-state index contributed by atoms with van der Waals surface area (Å²) in [6.45, 7) is 1.97. The molecule has 0 radical (unpaired) electrons. The van der Waals surface area contributed by atoms with Gasteiger partial charge in [-0.05, 0) is 6.07 Å². The SMILES string of the molecule is CCc1nccn1-c1ccccc1[N+](=O)[O-]. The fraction of sp³-hybridized carbons (Fsp3) is 0.182. The molecule has 0 aliphatic rings. The second-order valence-corrected chi connectivity index (χ2v) is 3.31. The molecule has 0 aliphatic carbocycles. The number of nitro benzene ring substituents is 1. The Morgan fingerprint density at radius 1 is 1.44 bits per heavy atom. The smallest absolute Gasteiger partial charge is 0.293 e. The Balaban J connectivity index is 2.60. The van der Waals surface area contributed by atoms with Crippen LogP contribution in [0.25, 0.3) is 5.69 Å². The number of imidazole rings is 1. The molecule has 5 nitrogen and oxygen atoms in total. The first-order chi connectivity index (χ1) is 7.74. The molecule has 0 atom stereocenters. The average molecular weight is 217 g/mol. The van der Waals surface area contributed by atoms with Crippen molar-refractivity contribution in [2.75, 3.05) is 0 Å².